The van der Waals surface area contributed by atoms with E-state index in [2.05, 4.69) is 5.92 Å². The summed E-state index contributed by atoms with van der Waals surface area (Å²) in [7, 11) is 0. The van der Waals surface area contributed by atoms with Crippen LogP contribution in [-0.2, 0) is 0 Å². The molecule has 0 aromatic carbocycles. The van der Waals surface area contributed by atoms with Crippen molar-refractivity contribution in [2.24, 2.45) is 0 Å². The summed E-state index contributed by atoms with van der Waals surface area (Å²) < 4.78 is 0. The van der Waals surface area contributed by atoms with Gasteiger partial charge in [0.15, 0.2) is 0 Å². The highest BCUT2D eigenvalue weighted by molar-refractivity contribution is 5.17. The van der Waals surface area contributed by atoms with Gasteiger partial charge in [0.1, 0.15) is 0 Å². The summed E-state index contributed by atoms with van der Waals surface area (Å²) in [5, 5.41) is 8.79. The van der Waals surface area contributed by atoms with Crippen LogP contribution in [0.25, 0.3) is 0 Å². The van der Waals surface area contributed by atoms with Gasteiger partial charge in [-0.1, -0.05) is 5.92 Å². The van der Waals surface area contributed by atoms with Gasteiger partial charge in [-0.15, -0.1) is 6.42 Å². The predicted molar refractivity (Wildman–Crippen MR) is 34.3 cm³/mol. The molecular formula is C7H10O. The highest BCUT2D eigenvalue weighted by atomic mass is 16.3. The summed E-state index contributed by atoms with van der Waals surface area (Å²) in [5.74, 6) is 2.33. The second-order valence-corrected chi connectivity index (χ2v) is 1.73. The summed E-state index contributed by atoms with van der Waals surface area (Å²) in [4.78, 5) is 0. The Kier molecular flexibility index (Phi) is 2.98. The topological polar surface area (TPSA) is 20.2 Å². The number of aliphatic hydroxyl groups excluding tert-OH is 1. The van der Waals surface area contributed by atoms with E-state index in [4.69, 9.17) is 11.5 Å². The molecule has 0 saturated heterocycles. The second-order valence-electron chi connectivity index (χ2n) is 1.73. The van der Waals surface area contributed by atoms with Crippen LogP contribution in [0.4, 0.5) is 0 Å². The van der Waals surface area contributed by atoms with E-state index in [1.54, 1.807) is 19.9 Å². The van der Waals surface area contributed by atoms with Crippen molar-refractivity contribution < 1.29 is 5.11 Å². The third-order valence-electron chi connectivity index (χ3n) is 0.970. The first-order chi connectivity index (χ1) is 3.68. The average molecular weight is 110 g/mol. The minimum absolute atomic E-state index is 0.411. The summed E-state index contributed by atoms with van der Waals surface area (Å²) in [6, 6.07) is 0. The molecule has 0 heterocycles. The van der Waals surface area contributed by atoms with E-state index in [0.29, 0.717) is 0 Å². The molecule has 0 aliphatic heterocycles. The van der Waals surface area contributed by atoms with E-state index in [0.717, 1.165) is 5.57 Å². The Morgan fingerprint density at radius 2 is 2.38 bits per heavy atom. The summed E-state index contributed by atoms with van der Waals surface area (Å²) >= 11 is 0. The molecule has 0 rings (SSSR count). The van der Waals surface area contributed by atoms with Gasteiger partial charge in [-0.25, -0.2) is 0 Å². The molecule has 1 unspecified atom stereocenters. The van der Waals surface area contributed by atoms with Gasteiger partial charge in [0.25, 0.3) is 0 Å². The van der Waals surface area contributed by atoms with Crippen molar-refractivity contribution in [1.29, 1.82) is 0 Å². The molecule has 0 spiro atoms. The van der Waals surface area contributed by atoms with Gasteiger partial charge in [0, 0.05) is 0 Å². The normalized spacial score (nSPS) is 15.0. The third kappa shape index (κ3) is 2.44. The van der Waals surface area contributed by atoms with Crippen molar-refractivity contribution in [3.63, 3.8) is 0 Å². The molecule has 44 valence electrons. The number of terminal acetylenes is 1. The van der Waals surface area contributed by atoms with E-state index in [-0.39, 0.29) is 0 Å². The van der Waals surface area contributed by atoms with Gasteiger partial charge in [0.2, 0.25) is 0 Å². The molecule has 0 aliphatic rings. The minimum atomic E-state index is -0.411. The van der Waals surface area contributed by atoms with Crippen molar-refractivity contribution in [2.75, 3.05) is 0 Å². The highest BCUT2D eigenvalue weighted by Crippen LogP contribution is 1.96. The molecule has 1 atom stereocenters. The third-order valence-corrected chi connectivity index (χ3v) is 0.970. The maximum absolute atomic E-state index is 8.79. The Morgan fingerprint density at radius 3 is 2.50 bits per heavy atom. The van der Waals surface area contributed by atoms with Gasteiger partial charge in [0.05, 0.1) is 6.10 Å². The number of hydrogen-bond donors (Lipinski definition) is 1. The maximum atomic E-state index is 8.79. The molecule has 8 heavy (non-hydrogen) atoms. The van der Waals surface area contributed by atoms with Gasteiger partial charge in [-0.3, -0.25) is 0 Å². The summed E-state index contributed by atoms with van der Waals surface area (Å²) in [5.41, 5.74) is 0.826. The van der Waals surface area contributed by atoms with E-state index >= 15 is 0 Å². The molecular weight excluding hydrogens is 100 g/mol. The fourth-order valence-electron chi connectivity index (χ4n) is 0.252. The fraction of sp³-hybridized carbons (Fsp3) is 0.429. The Balaban J connectivity index is 3.85. The van der Waals surface area contributed by atoms with E-state index in [1.807, 2.05) is 0 Å². The Morgan fingerprint density at radius 1 is 1.88 bits per heavy atom. The Labute approximate surface area is 50.0 Å². The van der Waals surface area contributed by atoms with Crippen LogP contribution in [-0.4, -0.2) is 11.2 Å². The van der Waals surface area contributed by atoms with Crippen molar-refractivity contribution in [3.05, 3.63) is 11.6 Å². The lowest BCUT2D eigenvalue weighted by Gasteiger charge is -1.99. The smallest absolute Gasteiger partial charge is 0.0728 e. The zero-order valence-electron chi connectivity index (χ0n) is 5.18. The van der Waals surface area contributed by atoms with E-state index < -0.39 is 6.10 Å². The van der Waals surface area contributed by atoms with Gasteiger partial charge < -0.3 is 5.11 Å². The molecule has 0 aromatic rings. The SMILES string of the molecule is C#C/C=C(\C)C(C)O. The average Bonchev–Trinajstić information content (AvgIpc) is 1.67. The lowest BCUT2D eigenvalue weighted by Crippen LogP contribution is -1.99. The maximum Gasteiger partial charge on any atom is 0.0728 e. The second kappa shape index (κ2) is 3.29. The first kappa shape index (κ1) is 7.26. The fourth-order valence-corrected chi connectivity index (χ4v) is 0.252. The molecule has 1 N–H and O–H groups in total. The number of aliphatic hydroxyl groups is 1. The van der Waals surface area contributed by atoms with Crippen LogP contribution in [0.5, 0.6) is 0 Å². The van der Waals surface area contributed by atoms with Crippen LogP contribution in [0.2, 0.25) is 0 Å². The quantitative estimate of drug-likeness (QED) is 0.498. The number of allylic oxidation sites excluding steroid dienone is 1. The van der Waals surface area contributed by atoms with Crippen molar-refractivity contribution >= 4 is 0 Å². The zero-order valence-corrected chi connectivity index (χ0v) is 5.18. The Bertz CT molecular complexity index is 126. The standard InChI is InChI=1S/C7H10O/c1-4-5-6(2)7(3)8/h1,5,7-8H,2-3H3/b6-5+. The zero-order chi connectivity index (χ0) is 6.57. The van der Waals surface area contributed by atoms with Crippen molar-refractivity contribution in [1.82, 2.24) is 0 Å². The van der Waals surface area contributed by atoms with E-state index in [9.17, 15) is 0 Å². The lowest BCUT2D eigenvalue weighted by molar-refractivity contribution is 0.231. The monoisotopic (exact) mass is 110 g/mol. The van der Waals surface area contributed by atoms with E-state index in [1.165, 1.54) is 0 Å². The van der Waals surface area contributed by atoms with Crippen molar-refractivity contribution in [3.8, 4) is 12.3 Å². The molecule has 0 aromatic heterocycles. The molecule has 1 heteroatoms. The highest BCUT2D eigenvalue weighted by Gasteiger charge is 1.93. The first-order valence-electron chi connectivity index (χ1n) is 2.49. The summed E-state index contributed by atoms with van der Waals surface area (Å²) in [6.45, 7) is 3.48. The lowest BCUT2D eigenvalue weighted by atomic mass is 10.2. The molecule has 0 radical (unpaired) electrons. The molecule has 0 saturated carbocycles. The van der Waals surface area contributed by atoms with Crippen LogP contribution < -0.4 is 0 Å². The van der Waals surface area contributed by atoms with Crippen LogP contribution in [0.15, 0.2) is 11.6 Å². The number of hydrogen-bond acceptors (Lipinski definition) is 1. The van der Waals surface area contributed by atoms with Gasteiger partial charge in [-0.2, -0.15) is 0 Å². The molecule has 0 bridgehead atoms. The van der Waals surface area contributed by atoms with Crippen LogP contribution >= 0.6 is 0 Å². The molecule has 0 aliphatic carbocycles. The number of rotatable bonds is 1. The van der Waals surface area contributed by atoms with Crippen LogP contribution in [0.1, 0.15) is 13.8 Å². The first-order valence-corrected chi connectivity index (χ1v) is 2.49. The van der Waals surface area contributed by atoms with Gasteiger partial charge in [-0.05, 0) is 25.5 Å². The Hall–Kier alpha value is -0.740. The van der Waals surface area contributed by atoms with Gasteiger partial charge >= 0.3 is 0 Å². The van der Waals surface area contributed by atoms with Crippen LogP contribution in [0, 0.1) is 12.3 Å². The molecule has 0 amide bonds. The largest absolute Gasteiger partial charge is 0.389 e. The van der Waals surface area contributed by atoms with Crippen LogP contribution in [0.3, 0.4) is 0 Å². The summed E-state index contributed by atoms with van der Waals surface area (Å²) in [6.07, 6.45) is 6.08. The minimum Gasteiger partial charge on any atom is -0.389 e. The predicted octanol–water partition coefficient (Wildman–Crippen LogP) is 0.947. The molecule has 1 nitrogen and oxygen atoms in total. The van der Waals surface area contributed by atoms with Crippen molar-refractivity contribution in [2.45, 2.75) is 20.0 Å². The molecule has 0 fully saturated rings.